The molecule has 1 N–H and O–H groups in total. The van der Waals surface area contributed by atoms with Gasteiger partial charge in [-0.15, -0.1) is 0 Å². The molecule has 1 aromatic heterocycles. The van der Waals surface area contributed by atoms with Crippen molar-refractivity contribution >= 4 is 16.6 Å². The van der Waals surface area contributed by atoms with E-state index < -0.39 is 4.92 Å². The highest BCUT2D eigenvalue weighted by Crippen LogP contribution is 2.36. The number of hydrogen-bond donors (Lipinski definition) is 1. The summed E-state index contributed by atoms with van der Waals surface area (Å²) in [6, 6.07) is 21.2. The Kier molecular flexibility index (Phi) is 4.37. The third-order valence-electron chi connectivity index (χ3n) is 4.56. The number of aromatic nitrogens is 1. The smallest absolute Gasteiger partial charge is 0.270 e. The van der Waals surface area contributed by atoms with Crippen molar-refractivity contribution in [2.24, 2.45) is 0 Å². The number of phenolic OH excluding ortho intramolecular Hbond substituents is 1. The number of rotatable bonds is 4. The van der Waals surface area contributed by atoms with Crippen LogP contribution >= 0.6 is 0 Å². The zero-order valence-electron chi connectivity index (χ0n) is 15.0. The third kappa shape index (κ3) is 3.12. The van der Waals surface area contributed by atoms with Crippen LogP contribution in [0.25, 0.3) is 33.3 Å². The van der Waals surface area contributed by atoms with E-state index in [2.05, 4.69) is 4.98 Å². The van der Waals surface area contributed by atoms with E-state index in [-0.39, 0.29) is 11.4 Å². The van der Waals surface area contributed by atoms with Gasteiger partial charge in [0.25, 0.3) is 5.69 Å². The fraction of sp³-hybridized carbons (Fsp3) is 0.0455. The number of nitrogens with zero attached hydrogens (tertiary/aromatic N) is 2. The van der Waals surface area contributed by atoms with Gasteiger partial charge in [-0.2, -0.15) is 0 Å². The van der Waals surface area contributed by atoms with E-state index in [4.69, 9.17) is 4.74 Å². The first-order valence-corrected chi connectivity index (χ1v) is 8.59. The molecule has 138 valence electrons. The molecule has 0 aliphatic carbocycles. The lowest BCUT2D eigenvalue weighted by atomic mass is 9.98. The third-order valence-corrected chi connectivity index (χ3v) is 4.56. The van der Waals surface area contributed by atoms with E-state index >= 15 is 0 Å². The van der Waals surface area contributed by atoms with Crippen molar-refractivity contribution in [3.63, 3.8) is 0 Å². The van der Waals surface area contributed by atoms with Crippen LogP contribution in [-0.2, 0) is 0 Å². The highest BCUT2D eigenvalue weighted by Gasteiger charge is 2.14. The standard InChI is InChI=1S/C22H16N2O4/c1-28-22-11-15(7-10-21(22)25)20-13-17(14-5-3-2-4-6-14)18-12-16(24(26)27)8-9-19(18)23-20/h2-13,25H,1H3. The Morgan fingerprint density at radius 1 is 0.964 bits per heavy atom. The van der Waals surface area contributed by atoms with Gasteiger partial charge in [-0.3, -0.25) is 10.1 Å². The van der Waals surface area contributed by atoms with Gasteiger partial charge in [0.2, 0.25) is 0 Å². The molecule has 0 unspecified atom stereocenters. The summed E-state index contributed by atoms with van der Waals surface area (Å²) in [7, 11) is 1.49. The molecule has 0 bridgehead atoms. The van der Waals surface area contributed by atoms with E-state index in [0.717, 1.165) is 16.7 Å². The van der Waals surface area contributed by atoms with E-state index in [0.29, 0.717) is 22.3 Å². The van der Waals surface area contributed by atoms with Crippen LogP contribution < -0.4 is 4.74 Å². The molecular formula is C22H16N2O4. The SMILES string of the molecule is COc1cc(-c2cc(-c3ccccc3)c3cc([N+](=O)[O-])ccc3n2)ccc1O. The number of aromatic hydroxyl groups is 1. The molecule has 0 aliphatic rings. The molecule has 0 amide bonds. The van der Waals surface area contributed by atoms with Gasteiger partial charge < -0.3 is 9.84 Å². The van der Waals surface area contributed by atoms with Gasteiger partial charge in [-0.25, -0.2) is 4.98 Å². The Labute approximate surface area is 160 Å². The number of pyridine rings is 1. The summed E-state index contributed by atoms with van der Waals surface area (Å²) in [6.45, 7) is 0. The van der Waals surface area contributed by atoms with Crippen molar-refractivity contribution in [3.05, 3.63) is 82.9 Å². The van der Waals surface area contributed by atoms with Crippen molar-refractivity contribution < 1.29 is 14.8 Å². The Balaban J connectivity index is 2.00. The van der Waals surface area contributed by atoms with E-state index in [1.54, 1.807) is 30.3 Å². The van der Waals surface area contributed by atoms with Crippen LogP contribution in [0, 0.1) is 10.1 Å². The number of fused-ring (bicyclic) bond motifs is 1. The van der Waals surface area contributed by atoms with Gasteiger partial charge in [-0.05, 0) is 41.5 Å². The lowest BCUT2D eigenvalue weighted by Crippen LogP contribution is -1.93. The molecule has 0 fully saturated rings. The van der Waals surface area contributed by atoms with Gasteiger partial charge in [-0.1, -0.05) is 30.3 Å². The number of hydrogen-bond acceptors (Lipinski definition) is 5. The van der Waals surface area contributed by atoms with Gasteiger partial charge >= 0.3 is 0 Å². The van der Waals surface area contributed by atoms with E-state index in [9.17, 15) is 15.2 Å². The molecule has 28 heavy (non-hydrogen) atoms. The topological polar surface area (TPSA) is 85.5 Å². The van der Waals surface area contributed by atoms with Crippen molar-refractivity contribution in [1.82, 2.24) is 4.98 Å². The second kappa shape index (κ2) is 7.00. The number of methoxy groups -OCH3 is 1. The maximum Gasteiger partial charge on any atom is 0.270 e. The molecule has 4 rings (SSSR count). The maximum atomic E-state index is 11.2. The van der Waals surface area contributed by atoms with Crippen molar-refractivity contribution in [2.45, 2.75) is 0 Å². The molecule has 0 spiro atoms. The molecular weight excluding hydrogens is 356 g/mol. The summed E-state index contributed by atoms with van der Waals surface area (Å²) >= 11 is 0. The molecule has 1 heterocycles. The average Bonchev–Trinajstić information content (AvgIpc) is 2.73. The van der Waals surface area contributed by atoms with Crippen LogP contribution in [0.1, 0.15) is 0 Å². The van der Waals surface area contributed by atoms with Crippen LogP contribution in [0.5, 0.6) is 11.5 Å². The van der Waals surface area contributed by atoms with Crippen LogP contribution in [0.15, 0.2) is 72.8 Å². The summed E-state index contributed by atoms with van der Waals surface area (Å²) in [5.74, 6) is 0.398. The average molecular weight is 372 g/mol. The molecule has 0 saturated carbocycles. The Morgan fingerprint density at radius 2 is 1.75 bits per heavy atom. The molecule has 0 atom stereocenters. The number of ether oxygens (including phenoxy) is 1. The summed E-state index contributed by atoms with van der Waals surface area (Å²) in [6.07, 6.45) is 0. The monoisotopic (exact) mass is 372 g/mol. The molecule has 0 aliphatic heterocycles. The molecule has 6 nitrogen and oxygen atoms in total. The minimum Gasteiger partial charge on any atom is -0.504 e. The predicted molar refractivity (Wildman–Crippen MR) is 107 cm³/mol. The van der Waals surface area contributed by atoms with Gasteiger partial charge in [0.05, 0.1) is 23.2 Å². The van der Waals surface area contributed by atoms with Gasteiger partial charge in [0.15, 0.2) is 11.5 Å². The van der Waals surface area contributed by atoms with Crippen LogP contribution in [-0.4, -0.2) is 22.1 Å². The van der Waals surface area contributed by atoms with Crippen molar-refractivity contribution in [2.75, 3.05) is 7.11 Å². The quantitative estimate of drug-likeness (QED) is 0.393. The number of benzene rings is 3. The fourth-order valence-electron chi connectivity index (χ4n) is 3.17. The Bertz CT molecular complexity index is 1190. The minimum absolute atomic E-state index is 0.0190. The van der Waals surface area contributed by atoms with Gasteiger partial charge in [0, 0.05) is 23.1 Å². The van der Waals surface area contributed by atoms with E-state index in [1.165, 1.54) is 13.2 Å². The lowest BCUT2D eigenvalue weighted by molar-refractivity contribution is -0.384. The molecule has 0 radical (unpaired) electrons. The zero-order valence-corrected chi connectivity index (χ0v) is 15.0. The second-order valence-corrected chi connectivity index (χ2v) is 6.27. The van der Waals surface area contributed by atoms with Crippen molar-refractivity contribution in [1.29, 1.82) is 0 Å². The molecule has 6 heteroatoms. The predicted octanol–water partition coefficient (Wildman–Crippen LogP) is 5.19. The molecule has 4 aromatic rings. The van der Waals surface area contributed by atoms with Crippen LogP contribution in [0.2, 0.25) is 0 Å². The first kappa shape index (κ1) is 17.5. The number of phenols is 1. The summed E-state index contributed by atoms with van der Waals surface area (Å²) < 4.78 is 5.20. The minimum atomic E-state index is -0.410. The summed E-state index contributed by atoms with van der Waals surface area (Å²) in [5, 5.41) is 21.8. The number of non-ortho nitro benzene ring substituents is 1. The number of nitro benzene ring substituents is 1. The summed E-state index contributed by atoms with van der Waals surface area (Å²) in [5.41, 5.74) is 3.89. The lowest BCUT2D eigenvalue weighted by Gasteiger charge is -2.11. The maximum absolute atomic E-state index is 11.2. The Morgan fingerprint density at radius 3 is 2.46 bits per heavy atom. The first-order valence-electron chi connectivity index (χ1n) is 8.59. The second-order valence-electron chi connectivity index (χ2n) is 6.27. The summed E-state index contributed by atoms with van der Waals surface area (Å²) in [4.78, 5) is 15.5. The first-order chi connectivity index (χ1) is 13.6. The van der Waals surface area contributed by atoms with Crippen LogP contribution in [0.4, 0.5) is 5.69 Å². The molecule has 3 aromatic carbocycles. The fourth-order valence-corrected chi connectivity index (χ4v) is 3.17. The number of nitro groups is 1. The van der Waals surface area contributed by atoms with E-state index in [1.807, 2.05) is 36.4 Å². The van der Waals surface area contributed by atoms with Crippen molar-refractivity contribution in [3.8, 4) is 33.9 Å². The van der Waals surface area contributed by atoms with Gasteiger partial charge in [0.1, 0.15) is 0 Å². The zero-order chi connectivity index (χ0) is 19.7. The highest BCUT2D eigenvalue weighted by atomic mass is 16.6. The molecule has 0 saturated heterocycles. The normalized spacial score (nSPS) is 10.8. The van der Waals surface area contributed by atoms with Crippen LogP contribution in [0.3, 0.4) is 0 Å². The highest BCUT2D eigenvalue weighted by molar-refractivity contribution is 5.97. The largest absolute Gasteiger partial charge is 0.504 e. The Hall–Kier alpha value is -3.93.